The zero-order chi connectivity index (χ0) is 13.4. The highest BCUT2D eigenvalue weighted by Gasteiger charge is 2.14. The normalized spacial score (nSPS) is 12.4. The van der Waals surface area contributed by atoms with Crippen molar-refractivity contribution in [2.24, 2.45) is 5.92 Å². The van der Waals surface area contributed by atoms with Gasteiger partial charge in [-0.2, -0.15) is 0 Å². The molecule has 0 aliphatic heterocycles. The summed E-state index contributed by atoms with van der Waals surface area (Å²) in [7, 11) is 0. The topological polar surface area (TPSA) is 54.9 Å². The van der Waals surface area contributed by atoms with Crippen molar-refractivity contribution >= 4 is 29.0 Å². The second kappa shape index (κ2) is 8.43. The molecule has 0 bridgehead atoms. The third-order valence-corrected chi connectivity index (χ3v) is 3.97. The summed E-state index contributed by atoms with van der Waals surface area (Å²) in [5.41, 5.74) is 0.814. The lowest BCUT2D eigenvalue weighted by Crippen LogP contribution is -2.25. The average Bonchev–Trinajstić information content (AvgIpc) is 2.82. The minimum atomic E-state index is -0.0491. The van der Waals surface area contributed by atoms with Crippen molar-refractivity contribution in [2.75, 3.05) is 12.4 Å². The van der Waals surface area contributed by atoms with E-state index < -0.39 is 0 Å². The van der Waals surface area contributed by atoms with Gasteiger partial charge in [0.15, 0.2) is 0 Å². The van der Waals surface area contributed by atoms with Crippen LogP contribution < -0.4 is 5.32 Å². The molecular weight excluding hydrogens is 270 g/mol. The molecule has 102 valence electrons. The number of carbonyl (C=O) groups is 1. The summed E-state index contributed by atoms with van der Waals surface area (Å²) in [5.74, 6) is 1.13. The number of amides is 1. The van der Waals surface area contributed by atoms with E-state index in [1.807, 2.05) is 0 Å². The molecule has 1 amide bonds. The van der Waals surface area contributed by atoms with Crippen LogP contribution in [0, 0.1) is 5.92 Å². The van der Waals surface area contributed by atoms with Crippen LogP contribution in [0.15, 0.2) is 0 Å². The molecule has 1 heterocycles. The Bertz CT molecular complexity index is 370. The van der Waals surface area contributed by atoms with Gasteiger partial charge in [0.05, 0.1) is 5.69 Å². The predicted octanol–water partition coefficient (Wildman–Crippen LogP) is 2.88. The van der Waals surface area contributed by atoms with Gasteiger partial charge in [-0.25, -0.2) is 0 Å². The summed E-state index contributed by atoms with van der Waals surface area (Å²) < 4.78 is 3.84. The monoisotopic (exact) mass is 289 g/mol. The lowest BCUT2D eigenvalue weighted by atomic mass is 10.1. The minimum absolute atomic E-state index is 0.0491. The minimum Gasteiger partial charge on any atom is -0.351 e. The average molecular weight is 290 g/mol. The Morgan fingerprint density at radius 3 is 3.00 bits per heavy atom. The molecule has 4 nitrogen and oxygen atoms in total. The number of hydrogen-bond donors (Lipinski definition) is 1. The highest BCUT2D eigenvalue weighted by atomic mass is 35.5. The van der Waals surface area contributed by atoms with Crippen LogP contribution in [0.5, 0.6) is 0 Å². The smallest absolute Gasteiger partial charge is 0.264 e. The van der Waals surface area contributed by atoms with Gasteiger partial charge in [0, 0.05) is 12.4 Å². The van der Waals surface area contributed by atoms with Crippen LogP contribution in [-0.4, -0.2) is 27.9 Å². The number of nitrogens with zero attached hydrogens (tertiary/aromatic N) is 2. The summed E-state index contributed by atoms with van der Waals surface area (Å²) in [6.07, 6.45) is 3.77. The van der Waals surface area contributed by atoms with Crippen molar-refractivity contribution in [3.05, 3.63) is 10.6 Å². The van der Waals surface area contributed by atoms with Crippen LogP contribution in [-0.2, 0) is 6.42 Å². The lowest BCUT2D eigenvalue weighted by molar-refractivity contribution is 0.0955. The summed E-state index contributed by atoms with van der Waals surface area (Å²) in [6, 6.07) is 0. The molecule has 1 atom stereocenters. The van der Waals surface area contributed by atoms with Crippen molar-refractivity contribution < 1.29 is 4.79 Å². The highest BCUT2D eigenvalue weighted by molar-refractivity contribution is 7.08. The number of aryl methyl sites for hydroxylation is 1. The molecule has 6 heteroatoms. The number of nitrogens with one attached hydrogen (secondary N) is 1. The Morgan fingerprint density at radius 2 is 2.33 bits per heavy atom. The van der Waals surface area contributed by atoms with E-state index in [1.54, 1.807) is 0 Å². The van der Waals surface area contributed by atoms with Gasteiger partial charge in [0.2, 0.25) is 0 Å². The van der Waals surface area contributed by atoms with Crippen LogP contribution in [0.1, 0.15) is 48.5 Å². The van der Waals surface area contributed by atoms with Gasteiger partial charge >= 0.3 is 0 Å². The molecule has 0 saturated carbocycles. The molecular formula is C12H20ClN3OS. The molecule has 0 radical (unpaired) electrons. The van der Waals surface area contributed by atoms with E-state index in [0.29, 0.717) is 23.2 Å². The van der Waals surface area contributed by atoms with Gasteiger partial charge < -0.3 is 5.32 Å². The molecule has 1 aromatic rings. The standard InChI is InChI=1S/C12H20ClN3OS/c1-3-5-10-11(18-16-15-10)12(17)14-7-4-6-9(2)8-13/h9H,3-8H2,1-2H3,(H,14,17). The Morgan fingerprint density at radius 1 is 1.56 bits per heavy atom. The molecule has 1 unspecified atom stereocenters. The van der Waals surface area contributed by atoms with Crippen LogP contribution in [0.4, 0.5) is 0 Å². The first kappa shape index (κ1) is 15.4. The fraction of sp³-hybridized carbons (Fsp3) is 0.750. The first-order valence-electron chi connectivity index (χ1n) is 6.34. The van der Waals surface area contributed by atoms with Gasteiger partial charge in [-0.15, -0.1) is 16.7 Å². The Labute approximate surface area is 117 Å². The Balaban J connectivity index is 2.34. The van der Waals surface area contributed by atoms with Crippen LogP contribution >= 0.6 is 23.1 Å². The quantitative estimate of drug-likeness (QED) is 0.591. The third kappa shape index (κ3) is 4.90. The van der Waals surface area contributed by atoms with Gasteiger partial charge in [0.25, 0.3) is 5.91 Å². The van der Waals surface area contributed by atoms with Gasteiger partial charge in [-0.3, -0.25) is 4.79 Å². The van der Waals surface area contributed by atoms with Gasteiger partial charge in [-0.05, 0) is 36.7 Å². The van der Waals surface area contributed by atoms with E-state index in [0.717, 1.165) is 31.4 Å². The summed E-state index contributed by atoms with van der Waals surface area (Å²) in [5, 5.41) is 6.90. The zero-order valence-electron chi connectivity index (χ0n) is 10.9. The van der Waals surface area contributed by atoms with Crippen molar-refractivity contribution in [3.63, 3.8) is 0 Å². The molecule has 18 heavy (non-hydrogen) atoms. The maximum Gasteiger partial charge on any atom is 0.264 e. The maximum atomic E-state index is 11.9. The van der Waals surface area contributed by atoms with E-state index in [1.165, 1.54) is 11.5 Å². The van der Waals surface area contributed by atoms with Crippen molar-refractivity contribution in [1.29, 1.82) is 0 Å². The Kier molecular flexibility index (Phi) is 7.20. The molecule has 0 spiro atoms. The zero-order valence-corrected chi connectivity index (χ0v) is 12.5. The van der Waals surface area contributed by atoms with E-state index in [-0.39, 0.29) is 5.91 Å². The lowest BCUT2D eigenvalue weighted by Gasteiger charge is -2.07. The van der Waals surface area contributed by atoms with E-state index in [2.05, 4.69) is 28.8 Å². The second-order valence-corrected chi connectivity index (χ2v) is 5.52. The van der Waals surface area contributed by atoms with E-state index in [4.69, 9.17) is 11.6 Å². The van der Waals surface area contributed by atoms with Gasteiger partial charge in [0.1, 0.15) is 4.88 Å². The number of alkyl halides is 1. The van der Waals surface area contributed by atoms with Gasteiger partial charge in [-0.1, -0.05) is 24.8 Å². The molecule has 1 aromatic heterocycles. The van der Waals surface area contributed by atoms with Crippen molar-refractivity contribution in [3.8, 4) is 0 Å². The first-order chi connectivity index (χ1) is 8.69. The number of hydrogen-bond acceptors (Lipinski definition) is 4. The van der Waals surface area contributed by atoms with Crippen LogP contribution in [0.25, 0.3) is 0 Å². The Hall–Kier alpha value is -0.680. The van der Waals surface area contributed by atoms with E-state index in [9.17, 15) is 4.79 Å². The van der Waals surface area contributed by atoms with Crippen molar-refractivity contribution in [1.82, 2.24) is 14.9 Å². The molecule has 1 N–H and O–H groups in total. The first-order valence-corrected chi connectivity index (χ1v) is 7.65. The maximum absolute atomic E-state index is 11.9. The summed E-state index contributed by atoms with van der Waals surface area (Å²) in [6.45, 7) is 4.86. The fourth-order valence-corrected chi connectivity index (χ4v) is 2.37. The largest absolute Gasteiger partial charge is 0.351 e. The number of aromatic nitrogens is 2. The molecule has 0 aliphatic carbocycles. The molecule has 0 saturated heterocycles. The molecule has 0 aliphatic rings. The van der Waals surface area contributed by atoms with E-state index >= 15 is 0 Å². The third-order valence-electron chi connectivity index (χ3n) is 2.67. The fourth-order valence-electron chi connectivity index (χ4n) is 1.59. The summed E-state index contributed by atoms with van der Waals surface area (Å²) in [4.78, 5) is 12.6. The molecule has 1 rings (SSSR count). The second-order valence-electron chi connectivity index (χ2n) is 4.46. The number of carbonyl (C=O) groups excluding carboxylic acids is 1. The summed E-state index contributed by atoms with van der Waals surface area (Å²) >= 11 is 6.90. The highest BCUT2D eigenvalue weighted by Crippen LogP contribution is 2.12. The SMILES string of the molecule is CCCc1nnsc1C(=O)NCCCC(C)CCl. The van der Waals surface area contributed by atoms with Crippen LogP contribution in [0.2, 0.25) is 0 Å². The van der Waals surface area contributed by atoms with Crippen molar-refractivity contribution in [2.45, 2.75) is 39.5 Å². The molecule has 0 fully saturated rings. The number of halogens is 1. The predicted molar refractivity (Wildman–Crippen MR) is 75.4 cm³/mol. The van der Waals surface area contributed by atoms with Crippen LogP contribution in [0.3, 0.4) is 0 Å². The number of rotatable bonds is 8. The molecule has 0 aromatic carbocycles.